The van der Waals surface area contributed by atoms with Crippen LogP contribution in [0, 0.1) is 19.0 Å². The molecule has 3 radical (unpaired) electrons. The number of rotatable bonds is 4. The van der Waals surface area contributed by atoms with Crippen LogP contribution in [0.2, 0.25) is 0 Å². The Kier molecular flexibility index (Phi) is 14.6. The van der Waals surface area contributed by atoms with E-state index in [0.29, 0.717) is 13.2 Å². The molecule has 12 heavy (non-hydrogen) atoms. The van der Waals surface area contributed by atoms with Crippen molar-refractivity contribution in [2.24, 2.45) is 0 Å². The second kappa shape index (κ2) is 11.6. The third kappa shape index (κ3) is 10.6. The molecule has 0 amide bonds. The van der Waals surface area contributed by atoms with Crippen molar-refractivity contribution < 1.29 is 37.4 Å². The van der Waals surface area contributed by atoms with Crippen LogP contribution in [0.3, 0.4) is 0 Å². The monoisotopic (exact) mass is 240 g/mol. The van der Waals surface area contributed by atoms with Gasteiger partial charge in [-0.1, -0.05) is 18.8 Å². The van der Waals surface area contributed by atoms with Gasteiger partial charge in [-0.05, 0) is 6.54 Å². The van der Waals surface area contributed by atoms with E-state index in [0.717, 1.165) is 6.54 Å². The molecule has 0 aliphatic heterocycles. The molecule has 0 rings (SSSR count). The minimum Gasteiger partial charge on any atom is -0.546 e. The van der Waals surface area contributed by atoms with Gasteiger partial charge in [-0.3, -0.25) is 10.3 Å². The van der Waals surface area contributed by atoms with Crippen LogP contribution in [-0.2, 0) is 37.4 Å². The van der Waals surface area contributed by atoms with Gasteiger partial charge in [0.15, 0.2) is 0 Å². The third-order valence-electron chi connectivity index (χ3n) is 1.01. The van der Waals surface area contributed by atoms with E-state index in [1.165, 1.54) is 4.92 Å². The van der Waals surface area contributed by atoms with Crippen LogP contribution in [0.5, 0.6) is 0 Å². The molecular weight excluding hydrogens is 228 g/mol. The topological polar surface area (TPSA) is 24.5 Å². The van der Waals surface area contributed by atoms with E-state index >= 15 is 0 Å². The smallest absolute Gasteiger partial charge is 0.206 e. The summed E-state index contributed by atoms with van der Waals surface area (Å²) in [4.78, 5) is 1.47. The Bertz CT molecular complexity index is 146. The van der Waals surface area contributed by atoms with Gasteiger partial charge in [-0.15, -0.1) is 0 Å². The van der Waals surface area contributed by atoms with Crippen LogP contribution in [-0.4, -0.2) is 32.6 Å². The second-order valence-corrected chi connectivity index (χ2v) is 1.82. The predicted molar refractivity (Wildman–Crippen MR) is 45.2 cm³/mol. The van der Waals surface area contributed by atoms with Crippen LogP contribution in [0.15, 0.2) is 0 Å². The maximum atomic E-state index is 5.40. The van der Waals surface area contributed by atoms with Crippen molar-refractivity contribution in [1.82, 2.24) is 10.3 Å². The standard InChI is InChI=1S/C7H12BN2O.Y/c1-3-10(8)9-6-4-5-7-11-2;/h9H,2-3,6-7H2,1H3;/q-1;. The van der Waals surface area contributed by atoms with Crippen molar-refractivity contribution in [3.8, 4) is 11.8 Å². The first-order chi connectivity index (χ1) is 5.31. The average molecular weight is 240 g/mol. The van der Waals surface area contributed by atoms with Crippen LogP contribution in [0.25, 0.3) is 0 Å². The maximum Gasteiger partial charge on any atom is 0.206 e. The molecule has 0 atom stereocenters. The summed E-state index contributed by atoms with van der Waals surface area (Å²) in [5.74, 6) is 5.54. The SMILES string of the molecule is [B]N(CC)NCC#CCO[CH2-].[Y]. The maximum absolute atomic E-state index is 5.40. The van der Waals surface area contributed by atoms with Gasteiger partial charge in [0.1, 0.15) is 0 Å². The average Bonchev–Trinajstić information content (AvgIpc) is 2.04. The van der Waals surface area contributed by atoms with E-state index in [4.69, 9.17) is 7.98 Å². The Hall–Kier alpha value is 0.609. The number of hydrogen-bond donors (Lipinski definition) is 1. The number of hydrazine groups is 1. The molecule has 0 saturated carbocycles. The summed E-state index contributed by atoms with van der Waals surface area (Å²) >= 11 is 0. The van der Waals surface area contributed by atoms with Gasteiger partial charge in [0, 0.05) is 32.7 Å². The Morgan fingerprint density at radius 1 is 1.58 bits per heavy atom. The molecule has 63 valence electrons. The molecule has 0 saturated heterocycles. The number of nitrogens with one attached hydrogen (secondary N) is 1. The zero-order valence-electron chi connectivity index (χ0n) is 7.34. The Morgan fingerprint density at radius 3 is 2.75 bits per heavy atom. The van der Waals surface area contributed by atoms with Crippen LogP contribution in [0.1, 0.15) is 6.92 Å². The van der Waals surface area contributed by atoms with Crippen LogP contribution >= 0.6 is 0 Å². The van der Waals surface area contributed by atoms with Gasteiger partial charge in [-0.25, -0.2) is 7.11 Å². The molecule has 0 aromatic rings. The van der Waals surface area contributed by atoms with Gasteiger partial charge in [-0.2, -0.15) is 0 Å². The first-order valence-electron chi connectivity index (χ1n) is 3.39. The molecule has 0 aliphatic rings. The van der Waals surface area contributed by atoms with E-state index in [9.17, 15) is 0 Å². The normalized spacial score (nSPS) is 8.58. The zero-order valence-corrected chi connectivity index (χ0v) is 10.2. The molecule has 0 aromatic heterocycles. The minimum absolute atomic E-state index is 0. The summed E-state index contributed by atoms with van der Waals surface area (Å²) in [7, 11) is 8.58. The summed E-state index contributed by atoms with van der Waals surface area (Å²) in [5.41, 5.74) is 2.85. The molecule has 0 unspecified atom stereocenters. The minimum atomic E-state index is 0. The van der Waals surface area contributed by atoms with Crippen molar-refractivity contribution in [3.63, 3.8) is 0 Å². The first kappa shape index (κ1) is 15.1. The zero-order chi connectivity index (χ0) is 8.53. The Balaban J connectivity index is 0. The fraction of sp³-hybridized carbons (Fsp3) is 0.571. The fourth-order valence-corrected chi connectivity index (χ4v) is 0.417. The van der Waals surface area contributed by atoms with Crippen molar-refractivity contribution >= 4 is 7.98 Å². The predicted octanol–water partition coefficient (Wildman–Crippen LogP) is -0.295. The molecular formula is C7H12BN2OY-. The van der Waals surface area contributed by atoms with Crippen molar-refractivity contribution in [1.29, 1.82) is 0 Å². The van der Waals surface area contributed by atoms with Gasteiger partial charge in [0.25, 0.3) is 0 Å². The van der Waals surface area contributed by atoms with E-state index < -0.39 is 0 Å². The van der Waals surface area contributed by atoms with Crippen molar-refractivity contribution in [3.05, 3.63) is 7.11 Å². The quantitative estimate of drug-likeness (QED) is 0.316. The van der Waals surface area contributed by atoms with E-state index in [1.807, 2.05) is 6.92 Å². The summed E-state index contributed by atoms with van der Waals surface area (Å²) in [6.45, 7) is 3.58. The van der Waals surface area contributed by atoms with Gasteiger partial charge < -0.3 is 4.74 Å². The molecule has 0 bridgehead atoms. The van der Waals surface area contributed by atoms with Crippen molar-refractivity contribution in [2.75, 3.05) is 19.7 Å². The van der Waals surface area contributed by atoms with Crippen molar-refractivity contribution in [2.45, 2.75) is 6.92 Å². The number of nitrogens with zero attached hydrogens (tertiary/aromatic N) is 1. The number of ether oxygens (including phenoxy) is 1. The summed E-state index contributed by atoms with van der Waals surface area (Å²) in [6.07, 6.45) is 0. The van der Waals surface area contributed by atoms with E-state index in [1.54, 1.807) is 0 Å². The second-order valence-electron chi connectivity index (χ2n) is 1.82. The molecule has 1 N–H and O–H groups in total. The van der Waals surface area contributed by atoms with Crippen LogP contribution in [0.4, 0.5) is 0 Å². The molecule has 0 heterocycles. The largest absolute Gasteiger partial charge is 0.546 e. The Morgan fingerprint density at radius 2 is 2.25 bits per heavy atom. The summed E-state index contributed by atoms with van der Waals surface area (Å²) in [5, 5.41) is 0. The van der Waals surface area contributed by atoms with Crippen LogP contribution < -0.4 is 5.43 Å². The molecule has 0 spiro atoms. The molecule has 5 heteroatoms. The summed E-state index contributed by atoms with van der Waals surface area (Å²) in [6, 6.07) is 0. The molecule has 0 aromatic carbocycles. The van der Waals surface area contributed by atoms with E-state index in [2.05, 4.69) is 29.1 Å². The van der Waals surface area contributed by atoms with Gasteiger partial charge in [0.2, 0.25) is 7.98 Å². The van der Waals surface area contributed by atoms with Gasteiger partial charge >= 0.3 is 0 Å². The summed E-state index contributed by atoms with van der Waals surface area (Å²) < 4.78 is 4.48. The van der Waals surface area contributed by atoms with Gasteiger partial charge in [0.05, 0.1) is 13.2 Å². The molecule has 0 aliphatic carbocycles. The molecule has 0 fully saturated rings. The molecule has 3 nitrogen and oxygen atoms in total. The third-order valence-corrected chi connectivity index (χ3v) is 1.01. The fourth-order valence-electron chi connectivity index (χ4n) is 0.417. The number of hydrogen-bond acceptors (Lipinski definition) is 3. The Labute approximate surface area is 101 Å². The first-order valence-corrected chi connectivity index (χ1v) is 3.39. The van der Waals surface area contributed by atoms with E-state index in [-0.39, 0.29) is 32.7 Å².